The van der Waals surface area contributed by atoms with Crippen molar-refractivity contribution >= 4 is 22.8 Å². The van der Waals surface area contributed by atoms with Crippen molar-refractivity contribution < 1.29 is 27.8 Å². The highest BCUT2D eigenvalue weighted by atomic mass is 19.1. The summed E-state index contributed by atoms with van der Waals surface area (Å²) in [5.41, 5.74) is 2.80. The number of hydrogen-bond acceptors (Lipinski definition) is 8. The van der Waals surface area contributed by atoms with Crippen LogP contribution in [0.1, 0.15) is 46.6 Å². The molecule has 2 aromatic heterocycles. The molecule has 2 aliphatic heterocycles. The maximum absolute atomic E-state index is 15.0. The van der Waals surface area contributed by atoms with Crippen molar-refractivity contribution in [2.75, 3.05) is 31.7 Å². The number of imidazole rings is 1. The van der Waals surface area contributed by atoms with Gasteiger partial charge in [-0.05, 0) is 67.0 Å². The maximum Gasteiger partial charge on any atom is 0.337 e. The fourth-order valence-corrected chi connectivity index (χ4v) is 6.51. The number of pyridine rings is 1. The van der Waals surface area contributed by atoms with Crippen LogP contribution in [0.3, 0.4) is 0 Å². The van der Waals surface area contributed by atoms with Crippen molar-refractivity contribution in [1.82, 2.24) is 14.5 Å². The van der Waals surface area contributed by atoms with Gasteiger partial charge in [0.15, 0.2) is 11.6 Å². The second kappa shape index (κ2) is 11.2. The predicted octanol–water partition coefficient (Wildman–Crippen LogP) is 5.19. The number of halogens is 2. The summed E-state index contributed by atoms with van der Waals surface area (Å²) < 4.78 is 47.9. The van der Waals surface area contributed by atoms with E-state index >= 15 is 0 Å². The summed E-state index contributed by atoms with van der Waals surface area (Å²) in [4.78, 5) is 23.6. The SMILES string of the molecule is COC(=O)c1ccc2nc(C[C@@]34CCN(c5nc(OCc6ccc(C#N)cc6F)ccc5F)C[C@@H]3C4)n(C[C@@H]3CCO3)c2c1. The smallest absolute Gasteiger partial charge is 0.337 e. The fraction of sp³-hybridized carbons (Fsp3) is 0.394. The van der Waals surface area contributed by atoms with Crippen molar-refractivity contribution in [2.45, 2.75) is 44.9 Å². The van der Waals surface area contributed by atoms with Gasteiger partial charge in [0.2, 0.25) is 5.88 Å². The molecule has 1 aliphatic carbocycles. The fourth-order valence-electron chi connectivity index (χ4n) is 6.51. The average Bonchev–Trinajstić information content (AvgIpc) is 3.63. The molecule has 44 heavy (non-hydrogen) atoms. The van der Waals surface area contributed by atoms with Gasteiger partial charge in [-0.1, -0.05) is 6.07 Å². The summed E-state index contributed by atoms with van der Waals surface area (Å²) in [6.07, 6.45) is 3.77. The van der Waals surface area contributed by atoms with E-state index in [4.69, 9.17) is 24.5 Å². The highest BCUT2D eigenvalue weighted by Gasteiger charge is 2.57. The van der Waals surface area contributed by atoms with Crippen LogP contribution in [-0.2, 0) is 29.0 Å². The van der Waals surface area contributed by atoms with Crippen molar-refractivity contribution in [3.8, 4) is 11.9 Å². The molecule has 0 amide bonds. The predicted molar refractivity (Wildman–Crippen MR) is 156 cm³/mol. The molecule has 3 fully saturated rings. The molecule has 2 saturated heterocycles. The molecule has 11 heteroatoms. The van der Waals surface area contributed by atoms with Crippen LogP contribution in [-0.4, -0.2) is 53.4 Å². The van der Waals surface area contributed by atoms with Gasteiger partial charge in [-0.25, -0.2) is 18.6 Å². The molecular formula is C33H31F2N5O4. The second-order valence-corrected chi connectivity index (χ2v) is 11.9. The molecule has 0 N–H and O–H groups in total. The zero-order valence-corrected chi connectivity index (χ0v) is 24.3. The molecule has 9 nitrogen and oxygen atoms in total. The number of carbonyl (C=O) groups is 1. The Bertz CT molecular complexity index is 1800. The summed E-state index contributed by atoms with van der Waals surface area (Å²) in [7, 11) is 1.37. The third-order valence-electron chi connectivity index (χ3n) is 9.28. The summed E-state index contributed by atoms with van der Waals surface area (Å²) in [5.74, 6) is 0.413. The van der Waals surface area contributed by atoms with Crippen LogP contribution in [0.2, 0.25) is 0 Å². The molecular weight excluding hydrogens is 568 g/mol. The van der Waals surface area contributed by atoms with E-state index in [1.807, 2.05) is 23.1 Å². The lowest BCUT2D eigenvalue weighted by Gasteiger charge is -2.33. The molecule has 3 atom stereocenters. The Morgan fingerprint density at radius 2 is 2.02 bits per heavy atom. The largest absolute Gasteiger partial charge is 0.473 e. The van der Waals surface area contributed by atoms with Crippen LogP contribution < -0.4 is 9.64 Å². The first-order chi connectivity index (χ1) is 21.4. The quantitative estimate of drug-likeness (QED) is 0.242. The number of carbonyl (C=O) groups excluding carboxylic acids is 1. The van der Waals surface area contributed by atoms with Crippen LogP contribution in [0.5, 0.6) is 5.88 Å². The lowest BCUT2D eigenvalue weighted by molar-refractivity contribution is -0.0591. The molecule has 4 aromatic rings. The van der Waals surface area contributed by atoms with E-state index < -0.39 is 11.6 Å². The average molecular weight is 600 g/mol. The highest BCUT2D eigenvalue weighted by molar-refractivity contribution is 5.93. The topological polar surface area (TPSA) is 103 Å². The van der Waals surface area contributed by atoms with Crippen LogP contribution in [0.15, 0.2) is 48.5 Å². The van der Waals surface area contributed by atoms with Crippen molar-refractivity contribution in [1.29, 1.82) is 5.26 Å². The molecule has 7 rings (SSSR count). The van der Waals surface area contributed by atoms with Crippen LogP contribution in [0, 0.1) is 34.3 Å². The number of anilines is 1. The second-order valence-electron chi connectivity index (χ2n) is 11.9. The van der Waals surface area contributed by atoms with Gasteiger partial charge in [0, 0.05) is 37.7 Å². The third kappa shape index (κ3) is 5.24. The summed E-state index contributed by atoms with van der Waals surface area (Å²) in [5, 5.41) is 8.95. The molecule has 1 saturated carbocycles. The minimum absolute atomic E-state index is 0.0684. The number of piperidine rings is 1. The van der Waals surface area contributed by atoms with Gasteiger partial charge < -0.3 is 23.7 Å². The Hall–Kier alpha value is -4.56. The number of rotatable bonds is 9. The van der Waals surface area contributed by atoms with E-state index in [-0.39, 0.29) is 46.9 Å². The molecule has 4 heterocycles. The number of nitriles is 1. The zero-order chi connectivity index (χ0) is 30.4. The number of ether oxygens (including phenoxy) is 3. The monoisotopic (exact) mass is 599 g/mol. The summed E-state index contributed by atoms with van der Waals surface area (Å²) in [6.45, 7) is 2.64. The van der Waals surface area contributed by atoms with E-state index in [0.29, 0.717) is 31.1 Å². The van der Waals surface area contributed by atoms with Gasteiger partial charge in [-0.15, -0.1) is 0 Å². The Labute approximate surface area is 253 Å². The lowest BCUT2D eigenvalue weighted by Crippen LogP contribution is -2.37. The first-order valence-electron chi connectivity index (χ1n) is 14.8. The Balaban J connectivity index is 1.06. The number of hydrogen-bond donors (Lipinski definition) is 0. The van der Waals surface area contributed by atoms with Gasteiger partial charge in [-0.2, -0.15) is 10.2 Å². The van der Waals surface area contributed by atoms with E-state index in [1.165, 1.54) is 31.4 Å². The van der Waals surface area contributed by atoms with Gasteiger partial charge in [0.1, 0.15) is 18.2 Å². The molecule has 0 bridgehead atoms. The molecule has 226 valence electrons. The van der Waals surface area contributed by atoms with Crippen LogP contribution in [0.4, 0.5) is 14.6 Å². The van der Waals surface area contributed by atoms with E-state index in [2.05, 4.69) is 9.55 Å². The minimum atomic E-state index is -0.537. The Morgan fingerprint density at radius 3 is 2.75 bits per heavy atom. The first-order valence-corrected chi connectivity index (χ1v) is 14.8. The standard InChI is InChI=1S/C33H31F2N5O4/c1-42-32(41)21-4-6-27-28(13-21)40(18-24-8-11-43-24)29(37-27)15-33-9-10-39(17-23(33)14-33)31-25(34)5-7-30(38-31)44-19-22-3-2-20(16-36)12-26(22)35/h2-7,12-13,23-24H,8-11,14-15,17-19H2,1H3/t23-,24-,33-/m0/s1. The molecule has 0 spiro atoms. The number of aromatic nitrogens is 3. The van der Waals surface area contributed by atoms with Crippen molar-refractivity contribution in [3.63, 3.8) is 0 Å². The number of benzene rings is 2. The van der Waals surface area contributed by atoms with E-state index in [1.54, 1.807) is 6.07 Å². The summed E-state index contributed by atoms with van der Waals surface area (Å²) >= 11 is 0. The number of fused-ring (bicyclic) bond motifs is 2. The normalized spacial score (nSPS) is 22.2. The molecule has 2 aromatic carbocycles. The van der Waals surface area contributed by atoms with Crippen LogP contribution >= 0.6 is 0 Å². The van der Waals surface area contributed by atoms with Gasteiger partial charge in [0.05, 0.1) is 48.0 Å². The van der Waals surface area contributed by atoms with Gasteiger partial charge >= 0.3 is 5.97 Å². The Morgan fingerprint density at radius 1 is 1.16 bits per heavy atom. The van der Waals surface area contributed by atoms with Crippen molar-refractivity contribution in [3.05, 3.63) is 82.7 Å². The molecule has 3 aliphatic rings. The van der Waals surface area contributed by atoms with Crippen molar-refractivity contribution in [2.24, 2.45) is 11.3 Å². The van der Waals surface area contributed by atoms with E-state index in [0.717, 1.165) is 55.2 Å². The summed E-state index contributed by atoms with van der Waals surface area (Å²) in [6, 6.07) is 14.3. The van der Waals surface area contributed by atoms with E-state index in [9.17, 15) is 13.6 Å². The minimum Gasteiger partial charge on any atom is -0.473 e. The van der Waals surface area contributed by atoms with Gasteiger partial charge in [-0.3, -0.25) is 0 Å². The van der Waals surface area contributed by atoms with Gasteiger partial charge in [0.25, 0.3) is 0 Å². The maximum atomic E-state index is 15.0. The van der Waals surface area contributed by atoms with Crippen LogP contribution in [0.25, 0.3) is 11.0 Å². The lowest BCUT2D eigenvalue weighted by atomic mass is 9.91. The first kappa shape index (κ1) is 28.2. The molecule has 0 radical (unpaired) electrons. The number of nitrogens with zero attached hydrogens (tertiary/aromatic N) is 5. The Kier molecular flexibility index (Phi) is 7.17. The zero-order valence-electron chi connectivity index (χ0n) is 24.3. The molecule has 0 unspecified atom stereocenters. The highest BCUT2D eigenvalue weighted by Crippen LogP contribution is 2.60. The number of methoxy groups -OCH3 is 1. The third-order valence-corrected chi connectivity index (χ3v) is 9.28. The number of esters is 1.